The summed E-state index contributed by atoms with van der Waals surface area (Å²) in [5.74, 6) is -4.36. The molecule has 0 aliphatic rings. The molecule has 12 heteroatoms. The number of carbonyl (C=O) groups is 4. The lowest BCUT2D eigenvalue weighted by atomic mass is 10.1. The fraction of sp³-hybridized carbons (Fsp3) is 0.333. The molecule has 2 rings (SSSR count). The SMILES string of the molecule is CC(C)(COc1ccccc1N(CC(=O)O)CC(=O)O)Oc1ccccc1N(CC(=O)O)CC(=O)O. The number of carboxylic acids is 4. The molecule has 0 aliphatic heterocycles. The van der Waals surface area contributed by atoms with Gasteiger partial charge in [-0.2, -0.15) is 0 Å². The summed E-state index contributed by atoms with van der Waals surface area (Å²) in [4.78, 5) is 47.3. The largest absolute Gasteiger partial charge is 0.487 e. The minimum Gasteiger partial charge on any atom is -0.487 e. The van der Waals surface area contributed by atoms with E-state index in [1.165, 1.54) is 0 Å². The van der Waals surface area contributed by atoms with Crippen molar-refractivity contribution in [3.05, 3.63) is 48.5 Å². The lowest BCUT2D eigenvalue weighted by Gasteiger charge is -2.31. The lowest BCUT2D eigenvalue weighted by Crippen LogP contribution is -2.38. The number of aliphatic carboxylic acids is 4. The smallest absolute Gasteiger partial charge is 0.323 e. The summed E-state index contributed by atoms with van der Waals surface area (Å²) in [5.41, 5.74) is -0.483. The maximum absolute atomic E-state index is 11.3. The van der Waals surface area contributed by atoms with Crippen LogP contribution in [0.5, 0.6) is 11.5 Å². The van der Waals surface area contributed by atoms with Gasteiger partial charge in [-0.15, -0.1) is 0 Å². The molecule has 0 radical (unpaired) electrons. The molecule has 0 bridgehead atoms. The van der Waals surface area contributed by atoms with Crippen LogP contribution in [0, 0.1) is 0 Å². The number of hydrogen-bond acceptors (Lipinski definition) is 8. The standard InChI is InChI=1S/C24H28N2O10/c1-24(2,36-19-10-6-4-8-17(19)26(13-22(31)32)14-23(33)34)15-35-18-9-5-3-7-16(18)25(11-20(27)28)12-21(29)30/h3-10H,11-15H2,1-2H3,(H,27,28)(H,29,30)(H,31,32)(H,33,34). The highest BCUT2D eigenvalue weighted by atomic mass is 16.5. The average Bonchev–Trinajstić information content (AvgIpc) is 2.76. The van der Waals surface area contributed by atoms with Gasteiger partial charge in [-0.05, 0) is 38.1 Å². The molecule has 12 nitrogen and oxygen atoms in total. The van der Waals surface area contributed by atoms with Gasteiger partial charge in [0, 0.05) is 0 Å². The summed E-state index contributed by atoms with van der Waals surface area (Å²) in [6.07, 6.45) is 0. The minimum absolute atomic E-state index is 0.0653. The van der Waals surface area contributed by atoms with Gasteiger partial charge in [-0.25, -0.2) is 0 Å². The average molecular weight is 504 g/mol. The van der Waals surface area contributed by atoms with E-state index in [1.807, 2.05) is 0 Å². The Kier molecular flexibility index (Phi) is 9.48. The molecule has 0 aliphatic carbocycles. The summed E-state index contributed by atoms with van der Waals surface area (Å²) in [5, 5.41) is 36.8. The second-order valence-corrected chi connectivity index (χ2v) is 8.37. The molecule has 0 heterocycles. The summed E-state index contributed by atoms with van der Waals surface area (Å²) in [6, 6.07) is 12.8. The number of benzene rings is 2. The van der Waals surface area contributed by atoms with Crippen LogP contribution >= 0.6 is 0 Å². The maximum Gasteiger partial charge on any atom is 0.323 e. The Morgan fingerprint density at radius 2 is 1.03 bits per heavy atom. The number of rotatable bonds is 15. The Balaban J connectivity index is 2.25. The van der Waals surface area contributed by atoms with Gasteiger partial charge in [0.25, 0.3) is 0 Å². The van der Waals surface area contributed by atoms with Crippen molar-refractivity contribution in [2.75, 3.05) is 42.6 Å². The number of carboxylic acid groups (broad SMARTS) is 4. The third kappa shape index (κ3) is 8.70. The predicted molar refractivity (Wildman–Crippen MR) is 128 cm³/mol. The van der Waals surface area contributed by atoms with Crippen molar-refractivity contribution in [3.8, 4) is 11.5 Å². The summed E-state index contributed by atoms with van der Waals surface area (Å²) >= 11 is 0. The van der Waals surface area contributed by atoms with Gasteiger partial charge in [0.05, 0.1) is 11.4 Å². The van der Waals surface area contributed by atoms with Crippen molar-refractivity contribution in [2.45, 2.75) is 19.4 Å². The zero-order valence-electron chi connectivity index (χ0n) is 19.8. The Labute approximate surface area is 206 Å². The number of hydrogen-bond donors (Lipinski definition) is 4. The number of nitrogens with zero attached hydrogens (tertiary/aromatic N) is 2. The van der Waals surface area contributed by atoms with Crippen molar-refractivity contribution in [3.63, 3.8) is 0 Å². The van der Waals surface area contributed by atoms with Gasteiger partial charge < -0.3 is 39.7 Å². The molecule has 0 aromatic heterocycles. The second-order valence-electron chi connectivity index (χ2n) is 8.37. The molecule has 2 aromatic rings. The van der Waals surface area contributed by atoms with Crippen LogP contribution in [0.4, 0.5) is 11.4 Å². The first-order valence-electron chi connectivity index (χ1n) is 10.7. The molecule has 0 saturated carbocycles. The van der Waals surface area contributed by atoms with E-state index in [0.29, 0.717) is 0 Å². The predicted octanol–water partition coefficient (Wildman–Crippen LogP) is 1.87. The van der Waals surface area contributed by atoms with Crippen LogP contribution in [0.3, 0.4) is 0 Å². The van der Waals surface area contributed by atoms with Crippen molar-refractivity contribution >= 4 is 35.3 Å². The number of ether oxygens (including phenoxy) is 2. The van der Waals surface area contributed by atoms with E-state index in [4.69, 9.17) is 9.47 Å². The monoisotopic (exact) mass is 504 g/mol. The molecular formula is C24H28N2O10. The maximum atomic E-state index is 11.3. The van der Waals surface area contributed by atoms with Gasteiger partial charge >= 0.3 is 23.9 Å². The zero-order valence-corrected chi connectivity index (χ0v) is 19.8. The third-order valence-corrected chi connectivity index (χ3v) is 4.68. The van der Waals surface area contributed by atoms with Crippen LogP contribution < -0.4 is 19.3 Å². The van der Waals surface area contributed by atoms with Gasteiger partial charge in [0.2, 0.25) is 0 Å². The van der Waals surface area contributed by atoms with Crippen molar-refractivity contribution in [2.24, 2.45) is 0 Å². The fourth-order valence-electron chi connectivity index (χ4n) is 3.33. The van der Waals surface area contributed by atoms with Crippen LogP contribution in [-0.4, -0.2) is 82.7 Å². The molecule has 2 aromatic carbocycles. The van der Waals surface area contributed by atoms with E-state index >= 15 is 0 Å². The van der Waals surface area contributed by atoms with Gasteiger partial charge in [0.1, 0.15) is 49.9 Å². The van der Waals surface area contributed by atoms with Gasteiger partial charge in [0.15, 0.2) is 0 Å². The van der Waals surface area contributed by atoms with Crippen LogP contribution in [-0.2, 0) is 19.2 Å². The lowest BCUT2D eigenvalue weighted by molar-refractivity contribution is -0.138. The molecule has 0 spiro atoms. The molecule has 194 valence electrons. The Hall–Kier alpha value is -4.48. The summed E-state index contributed by atoms with van der Waals surface area (Å²) in [6.45, 7) is 1.10. The number of anilines is 2. The van der Waals surface area contributed by atoms with E-state index in [9.17, 15) is 39.6 Å². The van der Waals surface area contributed by atoms with Crippen molar-refractivity contribution < 1.29 is 49.1 Å². The van der Waals surface area contributed by atoms with E-state index in [1.54, 1.807) is 62.4 Å². The fourth-order valence-corrected chi connectivity index (χ4v) is 3.33. The van der Waals surface area contributed by atoms with E-state index in [-0.39, 0.29) is 29.5 Å². The van der Waals surface area contributed by atoms with Crippen LogP contribution in [0.2, 0.25) is 0 Å². The quantitative estimate of drug-likeness (QED) is 0.278. The van der Waals surface area contributed by atoms with E-state index in [2.05, 4.69) is 0 Å². The highest BCUT2D eigenvalue weighted by Crippen LogP contribution is 2.33. The van der Waals surface area contributed by atoms with E-state index in [0.717, 1.165) is 9.80 Å². The van der Waals surface area contributed by atoms with E-state index < -0.39 is 55.7 Å². The topological polar surface area (TPSA) is 174 Å². The first-order valence-corrected chi connectivity index (χ1v) is 10.7. The molecule has 0 saturated heterocycles. The molecule has 36 heavy (non-hydrogen) atoms. The molecule has 0 unspecified atom stereocenters. The first-order chi connectivity index (χ1) is 16.9. The van der Waals surface area contributed by atoms with Crippen molar-refractivity contribution in [1.29, 1.82) is 0 Å². The van der Waals surface area contributed by atoms with Crippen LogP contribution in [0.25, 0.3) is 0 Å². The normalized spacial score (nSPS) is 10.8. The Morgan fingerprint density at radius 3 is 1.44 bits per heavy atom. The number of para-hydroxylation sites is 4. The third-order valence-electron chi connectivity index (χ3n) is 4.68. The minimum atomic E-state index is -1.21. The van der Waals surface area contributed by atoms with Crippen molar-refractivity contribution in [1.82, 2.24) is 0 Å². The highest BCUT2D eigenvalue weighted by Gasteiger charge is 2.26. The molecule has 4 N–H and O–H groups in total. The summed E-state index contributed by atoms with van der Waals surface area (Å²) in [7, 11) is 0. The highest BCUT2D eigenvalue weighted by molar-refractivity contribution is 5.81. The van der Waals surface area contributed by atoms with Gasteiger partial charge in [-0.1, -0.05) is 24.3 Å². The zero-order chi connectivity index (χ0) is 26.9. The molecule has 0 atom stereocenters. The molecule has 0 amide bonds. The first kappa shape index (κ1) is 27.8. The van der Waals surface area contributed by atoms with Gasteiger partial charge in [-0.3, -0.25) is 19.2 Å². The molecular weight excluding hydrogens is 476 g/mol. The van der Waals surface area contributed by atoms with Crippen LogP contribution in [0.15, 0.2) is 48.5 Å². The second kappa shape index (κ2) is 12.3. The Bertz CT molecular complexity index is 1070. The molecule has 0 fully saturated rings. The van der Waals surface area contributed by atoms with Crippen LogP contribution in [0.1, 0.15) is 13.8 Å². The summed E-state index contributed by atoms with van der Waals surface area (Å²) < 4.78 is 12.0. The Morgan fingerprint density at radius 1 is 0.667 bits per heavy atom.